The molecule has 4 heteroatoms. The standard InChI is InChI=1S/C16H19BrO3/c1-2-3-12-9-16(6-7-19-12)10-14(18)13-8-11(17)4-5-15(13)20-16/h4-5,8,12H,2-3,6-7,9-10H2,1H3. The molecule has 2 unspecified atom stereocenters. The molecule has 3 rings (SSSR count). The van der Waals surface area contributed by atoms with E-state index in [0.29, 0.717) is 18.6 Å². The summed E-state index contributed by atoms with van der Waals surface area (Å²) in [5, 5.41) is 0. The molecule has 108 valence electrons. The van der Waals surface area contributed by atoms with Crippen LogP contribution in [0, 0.1) is 0 Å². The number of benzene rings is 1. The number of hydrogen-bond donors (Lipinski definition) is 0. The van der Waals surface area contributed by atoms with Gasteiger partial charge in [0, 0.05) is 17.3 Å². The largest absolute Gasteiger partial charge is 0.486 e. The summed E-state index contributed by atoms with van der Waals surface area (Å²) >= 11 is 3.41. The highest BCUT2D eigenvalue weighted by molar-refractivity contribution is 9.10. The van der Waals surface area contributed by atoms with Gasteiger partial charge in [0.15, 0.2) is 5.78 Å². The zero-order chi connectivity index (χ0) is 14.2. The van der Waals surface area contributed by atoms with Crippen molar-refractivity contribution >= 4 is 21.7 Å². The highest BCUT2D eigenvalue weighted by Gasteiger charge is 2.44. The van der Waals surface area contributed by atoms with Crippen LogP contribution in [0.25, 0.3) is 0 Å². The molecule has 0 bridgehead atoms. The summed E-state index contributed by atoms with van der Waals surface area (Å²) in [7, 11) is 0. The van der Waals surface area contributed by atoms with Crippen molar-refractivity contribution in [3.63, 3.8) is 0 Å². The molecule has 0 N–H and O–H groups in total. The van der Waals surface area contributed by atoms with Gasteiger partial charge in [-0.3, -0.25) is 4.79 Å². The SMILES string of the molecule is CCCC1CC2(CCO1)CC(=O)c1cc(Br)ccc1O2. The Morgan fingerprint density at radius 2 is 2.30 bits per heavy atom. The molecule has 3 nitrogen and oxygen atoms in total. The summed E-state index contributed by atoms with van der Waals surface area (Å²) in [6, 6.07) is 5.67. The number of carbonyl (C=O) groups excluding carboxylic acids is 1. The van der Waals surface area contributed by atoms with E-state index >= 15 is 0 Å². The van der Waals surface area contributed by atoms with E-state index in [1.807, 2.05) is 18.2 Å². The Kier molecular flexibility index (Phi) is 3.87. The summed E-state index contributed by atoms with van der Waals surface area (Å²) in [6.45, 7) is 2.84. The average Bonchev–Trinajstić information content (AvgIpc) is 2.40. The molecule has 0 aromatic heterocycles. The maximum Gasteiger partial charge on any atom is 0.170 e. The van der Waals surface area contributed by atoms with Crippen molar-refractivity contribution in [2.24, 2.45) is 0 Å². The number of halogens is 1. The molecule has 20 heavy (non-hydrogen) atoms. The van der Waals surface area contributed by atoms with Crippen molar-refractivity contribution in [3.8, 4) is 5.75 Å². The third kappa shape index (κ3) is 2.63. The highest BCUT2D eigenvalue weighted by Crippen LogP contribution is 2.41. The molecule has 1 aromatic rings. The summed E-state index contributed by atoms with van der Waals surface area (Å²) in [5.41, 5.74) is 0.347. The first kappa shape index (κ1) is 14.1. The maximum absolute atomic E-state index is 12.4. The smallest absolute Gasteiger partial charge is 0.170 e. The molecule has 0 saturated carbocycles. The summed E-state index contributed by atoms with van der Waals surface area (Å²) in [6.07, 6.45) is 4.44. The summed E-state index contributed by atoms with van der Waals surface area (Å²) in [4.78, 5) is 12.4. The molecule has 2 aliphatic rings. The van der Waals surface area contributed by atoms with E-state index in [4.69, 9.17) is 9.47 Å². The lowest BCUT2D eigenvalue weighted by Crippen LogP contribution is -2.49. The third-order valence-corrected chi connectivity index (χ3v) is 4.67. The zero-order valence-electron chi connectivity index (χ0n) is 11.7. The molecule has 0 radical (unpaired) electrons. The maximum atomic E-state index is 12.4. The molecule has 1 saturated heterocycles. The van der Waals surface area contributed by atoms with Crippen LogP contribution in [0.5, 0.6) is 5.75 Å². The number of carbonyl (C=O) groups is 1. The Hall–Kier alpha value is -0.870. The second-order valence-corrected chi connectivity index (χ2v) is 6.68. The molecule has 1 aromatic carbocycles. The van der Waals surface area contributed by atoms with Gasteiger partial charge >= 0.3 is 0 Å². The first-order chi connectivity index (χ1) is 9.62. The van der Waals surface area contributed by atoms with E-state index in [0.717, 1.165) is 35.9 Å². The minimum Gasteiger partial charge on any atom is -0.486 e. The van der Waals surface area contributed by atoms with Crippen molar-refractivity contribution < 1.29 is 14.3 Å². The van der Waals surface area contributed by atoms with Crippen LogP contribution < -0.4 is 4.74 Å². The first-order valence-corrected chi connectivity index (χ1v) is 8.04. The predicted octanol–water partition coefficient (Wildman–Crippen LogP) is 4.13. The Balaban J connectivity index is 1.86. The van der Waals surface area contributed by atoms with Crippen LogP contribution in [-0.2, 0) is 4.74 Å². The Morgan fingerprint density at radius 3 is 3.10 bits per heavy atom. The van der Waals surface area contributed by atoms with E-state index in [-0.39, 0.29) is 17.5 Å². The van der Waals surface area contributed by atoms with E-state index in [2.05, 4.69) is 22.9 Å². The molecule has 1 fully saturated rings. The molecular formula is C16H19BrO3. The topological polar surface area (TPSA) is 35.5 Å². The number of ether oxygens (including phenoxy) is 2. The molecule has 2 heterocycles. The Labute approximate surface area is 127 Å². The molecule has 0 aliphatic carbocycles. The number of ketones is 1. The van der Waals surface area contributed by atoms with Gasteiger partial charge in [-0.1, -0.05) is 29.3 Å². The molecular weight excluding hydrogens is 320 g/mol. The molecule has 2 atom stereocenters. The number of hydrogen-bond acceptors (Lipinski definition) is 3. The normalized spacial score (nSPS) is 29.1. The van der Waals surface area contributed by atoms with Crippen LogP contribution in [0.2, 0.25) is 0 Å². The monoisotopic (exact) mass is 338 g/mol. The lowest BCUT2D eigenvalue weighted by Gasteiger charge is -2.43. The molecule has 1 spiro atoms. The van der Waals surface area contributed by atoms with Crippen LogP contribution in [-0.4, -0.2) is 24.1 Å². The first-order valence-electron chi connectivity index (χ1n) is 7.25. The van der Waals surface area contributed by atoms with E-state index in [9.17, 15) is 4.79 Å². The fraction of sp³-hybridized carbons (Fsp3) is 0.562. The van der Waals surface area contributed by atoms with Gasteiger partial charge in [-0.2, -0.15) is 0 Å². The summed E-state index contributed by atoms with van der Waals surface area (Å²) in [5.74, 6) is 0.909. The van der Waals surface area contributed by atoms with Crippen molar-refractivity contribution in [2.75, 3.05) is 6.61 Å². The van der Waals surface area contributed by atoms with Gasteiger partial charge in [0.2, 0.25) is 0 Å². The van der Waals surface area contributed by atoms with Crippen molar-refractivity contribution in [3.05, 3.63) is 28.2 Å². The van der Waals surface area contributed by atoms with Crippen molar-refractivity contribution in [1.82, 2.24) is 0 Å². The second-order valence-electron chi connectivity index (χ2n) is 5.76. The minimum atomic E-state index is -0.351. The van der Waals surface area contributed by atoms with Crippen molar-refractivity contribution in [1.29, 1.82) is 0 Å². The van der Waals surface area contributed by atoms with Crippen molar-refractivity contribution in [2.45, 2.75) is 50.7 Å². The average molecular weight is 339 g/mol. The van der Waals surface area contributed by atoms with E-state index < -0.39 is 0 Å². The lowest BCUT2D eigenvalue weighted by atomic mass is 9.81. The highest BCUT2D eigenvalue weighted by atomic mass is 79.9. The van der Waals surface area contributed by atoms with Gasteiger partial charge in [-0.25, -0.2) is 0 Å². The van der Waals surface area contributed by atoms with Gasteiger partial charge in [-0.15, -0.1) is 0 Å². The van der Waals surface area contributed by atoms with Gasteiger partial charge < -0.3 is 9.47 Å². The Morgan fingerprint density at radius 1 is 1.45 bits per heavy atom. The predicted molar refractivity (Wildman–Crippen MR) is 80.3 cm³/mol. The van der Waals surface area contributed by atoms with Crippen LogP contribution in [0.4, 0.5) is 0 Å². The molecule has 2 aliphatic heterocycles. The van der Waals surface area contributed by atoms with Gasteiger partial charge in [0.25, 0.3) is 0 Å². The lowest BCUT2D eigenvalue weighted by molar-refractivity contribution is -0.0937. The quantitative estimate of drug-likeness (QED) is 0.813. The van der Waals surface area contributed by atoms with Crippen LogP contribution in [0.15, 0.2) is 22.7 Å². The van der Waals surface area contributed by atoms with Crippen LogP contribution in [0.3, 0.4) is 0 Å². The fourth-order valence-electron chi connectivity index (χ4n) is 3.21. The Bertz CT molecular complexity index is 526. The second kappa shape index (κ2) is 5.49. The fourth-order valence-corrected chi connectivity index (χ4v) is 3.58. The van der Waals surface area contributed by atoms with E-state index in [1.54, 1.807) is 0 Å². The number of rotatable bonds is 2. The zero-order valence-corrected chi connectivity index (χ0v) is 13.2. The number of fused-ring (bicyclic) bond motifs is 1. The minimum absolute atomic E-state index is 0.185. The number of Topliss-reactive ketones (excluding diaryl/α,β-unsaturated/α-hetero) is 1. The van der Waals surface area contributed by atoms with Gasteiger partial charge in [0.05, 0.1) is 24.7 Å². The van der Waals surface area contributed by atoms with Crippen LogP contribution in [0.1, 0.15) is 49.4 Å². The third-order valence-electron chi connectivity index (χ3n) is 4.17. The molecule has 0 amide bonds. The summed E-state index contributed by atoms with van der Waals surface area (Å²) < 4.78 is 12.9. The van der Waals surface area contributed by atoms with Gasteiger partial charge in [0.1, 0.15) is 11.4 Å². The van der Waals surface area contributed by atoms with Crippen LogP contribution >= 0.6 is 15.9 Å². The van der Waals surface area contributed by atoms with Gasteiger partial charge in [-0.05, 0) is 24.6 Å². The van der Waals surface area contributed by atoms with E-state index in [1.165, 1.54) is 0 Å².